The molecule has 2 aliphatic heterocycles. The average Bonchev–Trinajstić information content (AvgIpc) is 3.08. The number of carbonyl (C=O) groups is 1. The number of nitrogens with one attached hydrogen (secondary N) is 1. The second kappa shape index (κ2) is 6.72. The van der Waals surface area contributed by atoms with E-state index in [1.165, 1.54) is 5.69 Å². The third-order valence-electron chi connectivity index (χ3n) is 6.28. The lowest BCUT2D eigenvalue weighted by Crippen LogP contribution is -2.46. The zero-order chi connectivity index (χ0) is 18.2. The van der Waals surface area contributed by atoms with Gasteiger partial charge < -0.3 is 15.0 Å². The Morgan fingerprint density at radius 1 is 1.36 bits per heavy atom. The quantitative estimate of drug-likeness (QED) is 0.871. The van der Waals surface area contributed by atoms with E-state index in [9.17, 15) is 9.90 Å². The highest BCUT2D eigenvalue weighted by atomic mass is 16.3. The van der Waals surface area contributed by atoms with Crippen LogP contribution in [0.4, 0.5) is 0 Å². The van der Waals surface area contributed by atoms with Gasteiger partial charge in [0.2, 0.25) is 5.91 Å². The molecule has 1 aromatic rings. The lowest BCUT2D eigenvalue weighted by atomic mass is 9.74. The maximum atomic E-state index is 12.0. The number of aliphatic hydroxyl groups excluding tert-OH is 1. The number of hydrogen-bond donors (Lipinski definition) is 2. The van der Waals surface area contributed by atoms with Gasteiger partial charge in [-0.05, 0) is 51.6 Å². The van der Waals surface area contributed by atoms with Crippen LogP contribution in [-0.4, -0.2) is 62.6 Å². The van der Waals surface area contributed by atoms with Gasteiger partial charge in [-0.15, -0.1) is 0 Å². The number of aromatic nitrogens is 2. The number of hydrogen-bond acceptors (Lipinski definition) is 4. The lowest BCUT2D eigenvalue weighted by Gasteiger charge is -2.39. The van der Waals surface area contributed by atoms with E-state index in [-0.39, 0.29) is 17.9 Å². The van der Waals surface area contributed by atoms with Crippen molar-refractivity contribution in [1.29, 1.82) is 0 Å². The van der Waals surface area contributed by atoms with Crippen molar-refractivity contribution in [2.75, 3.05) is 26.2 Å². The highest BCUT2D eigenvalue weighted by Gasteiger charge is 2.52. The minimum Gasteiger partial charge on any atom is -0.394 e. The van der Waals surface area contributed by atoms with E-state index in [4.69, 9.17) is 4.98 Å². The first-order valence-electron chi connectivity index (χ1n) is 9.47. The first-order chi connectivity index (χ1) is 11.8. The molecule has 2 aliphatic rings. The van der Waals surface area contributed by atoms with Gasteiger partial charge in [-0.25, -0.2) is 4.98 Å². The summed E-state index contributed by atoms with van der Waals surface area (Å²) in [6.45, 7) is 11.6. The third kappa shape index (κ3) is 3.47. The number of aliphatic hydroxyl groups is 1. The van der Waals surface area contributed by atoms with Gasteiger partial charge in [-0.3, -0.25) is 9.69 Å². The largest absolute Gasteiger partial charge is 0.394 e. The SMILES string of the molecule is CCc1nc(CN2CCC3(CC2)CN(C(C)=O)C(C)(CO)C3)c(C)[nH]1. The molecule has 2 fully saturated rings. The summed E-state index contributed by atoms with van der Waals surface area (Å²) in [6.07, 6.45) is 4.00. The van der Waals surface area contributed by atoms with Crippen molar-refractivity contribution in [3.8, 4) is 0 Å². The molecule has 3 rings (SSSR count). The Bertz CT molecular complexity index is 633. The minimum atomic E-state index is -0.400. The molecule has 140 valence electrons. The Morgan fingerprint density at radius 2 is 2.04 bits per heavy atom. The van der Waals surface area contributed by atoms with E-state index < -0.39 is 5.54 Å². The Hall–Kier alpha value is -1.40. The molecule has 0 radical (unpaired) electrons. The number of imidazole rings is 1. The predicted molar refractivity (Wildman–Crippen MR) is 97.1 cm³/mol. The number of piperidine rings is 1. The topological polar surface area (TPSA) is 72.5 Å². The summed E-state index contributed by atoms with van der Waals surface area (Å²) in [6, 6.07) is 0. The molecular weight excluding hydrogens is 316 g/mol. The molecule has 3 heterocycles. The van der Waals surface area contributed by atoms with Crippen molar-refractivity contribution in [2.45, 2.75) is 65.5 Å². The summed E-state index contributed by atoms with van der Waals surface area (Å²) < 4.78 is 0. The molecule has 1 amide bonds. The Labute approximate surface area is 150 Å². The summed E-state index contributed by atoms with van der Waals surface area (Å²) in [7, 11) is 0. The molecule has 0 bridgehead atoms. The van der Waals surface area contributed by atoms with Crippen LogP contribution in [0.15, 0.2) is 0 Å². The van der Waals surface area contributed by atoms with Gasteiger partial charge in [-0.2, -0.15) is 0 Å². The lowest BCUT2D eigenvalue weighted by molar-refractivity contribution is -0.134. The fraction of sp³-hybridized carbons (Fsp3) is 0.789. The number of nitrogens with zero attached hydrogens (tertiary/aromatic N) is 3. The molecule has 6 heteroatoms. The first kappa shape index (κ1) is 18.4. The molecule has 1 unspecified atom stereocenters. The van der Waals surface area contributed by atoms with Crippen LogP contribution in [0.1, 0.15) is 57.2 Å². The van der Waals surface area contributed by atoms with Gasteiger partial charge >= 0.3 is 0 Å². The van der Waals surface area contributed by atoms with E-state index in [1.54, 1.807) is 6.92 Å². The van der Waals surface area contributed by atoms with Crippen molar-refractivity contribution in [2.24, 2.45) is 5.41 Å². The van der Waals surface area contributed by atoms with E-state index in [1.807, 2.05) is 11.8 Å². The molecule has 1 aromatic heterocycles. The summed E-state index contributed by atoms with van der Waals surface area (Å²) in [5.74, 6) is 1.14. The first-order valence-corrected chi connectivity index (χ1v) is 9.47. The second-order valence-corrected chi connectivity index (χ2v) is 8.32. The fourth-order valence-electron chi connectivity index (χ4n) is 4.74. The molecule has 2 saturated heterocycles. The Kier molecular flexibility index (Phi) is 4.95. The van der Waals surface area contributed by atoms with Crippen LogP contribution in [0.3, 0.4) is 0 Å². The highest BCUT2D eigenvalue weighted by Crippen LogP contribution is 2.48. The summed E-state index contributed by atoms with van der Waals surface area (Å²) >= 11 is 0. The van der Waals surface area contributed by atoms with E-state index in [0.717, 1.165) is 63.4 Å². The van der Waals surface area contributed by atoms with Crippen LogP contribution in [0.25, 0.3) is 0 Å². The number of aromatic amines is 1. The zero-order valence-electron chi connectivity index (χ0n) is 16.1. The number of carbonyl (C=O) groups excluding carboxylic acids is 1. The number of rotatable bonds is 4. The maximum Gasteiger partial charge on any atom is 0.219 e. The van der Waals surface area contributed by atoms with Gasteiger partial charge in [0.1, 0.15) is 5.82 Å². The number of aryl methyl sites for hydroxylation is 2. The van der Waals surface area contributed by atoms with Gasteiger partial charge in [0, 0.05) is 32.1 Å². The van der Waals surface area contributed by atoms with Crippen LogP contribution in [-0.2, 0) is 17.8 Å². The van der Waals surface area contributed by atoms with Gasteiger partial charge in [-0.1, -0.05) is 6.92 Å². The predicted octanol–water partition coefficient (Wildman–Crippen LogP) is 1.87. The average molecular weight is 348 g/mol. The number of H-pyrrole nitrogens is 1. The monoisotopic (exact) mass is 348 g/mol. The van der Waals surface area contributed by atoms with Crippen LogP contribution < -0.4 is 0 Å². The smallest absolute Gasteiger partial charge is 0.219 e. The summed E-state index contributed by atoms with van der Waals surface area (Å²) in [4.78, 5) is 24.4. The van der Waals surface area contributed by atoms with E-state index in [2.05, 4.69) is 23.7 Å². The molecular formula is C19H32N4O2. The van der Waals surface area contributed by atoms with E-state index in [0.29, 0.717) is 0 Å². The normalized spacial score (nSPS) is 26.5. The zero-order valence-corrected chi connectivity index (χ0v) is 16.1. The van der Waals surface area contributed by atoms with Crippen molar-refractivity contribution >= 4 is 5.91 Å². The van der Waals surface area contributed by atoms with Gasteiger partial charge in [0.05, 0.1) is 17.8 Å². The molecule has 25 heavy (non-hydrogen) atoms. The molecule has 2 N–H and O–H groups in total. The minimum absolute atomic E-state index is 0.0459. The van der Waals surface area contributed by atoms with Crippen LogP contribution in [0.2, 0.25) is 0 Å². The fourth-order valence-corrected chi connectivity index (χ4v) is 4.74. The second-order valence-electron chi connectivity index (χ2n) is 8.32. The van der Waals surface area contributed by atoms with Gasteiger partial charge in [0.25, 0.3) is 0 Å². The Balaban J connectivity index is 1.63. The standard InChI is InChI=1S/C19H32N4O2/c1-5-17-20-14(2)16(21-17)10-22-8-6-19(7-9-22)11-18(4,13-24)23(12-19)15(3)25/h24H,5-13H2,1-4H3,(H,20,21). The van der Waals surface area contributed by atoms with Crippen molar-refractivity contribution in [3.05, 3.63) is 17.2 Å². The van der Waals surface area contributed by atoms with Crippen LogP contribution >= 0.6 is 0 Å². The van der Waals surface area contributed by atoms with E-state index >= 15 is 0 Å². The summed E-state index contributed by atoms with van der Waals surface area (Å²) in [5, 5.41) is 9.85. The van der Waals surface area contributed by atoms with Crippen molar-refractivity contribution in [3.63, 3.8) is 0 Å². The van der Waals surface area contributed by atoms with Gasteiger partial charge in [0.15, 0.2) is 0 Å². The molecule has 0 saturated carbocycles. The third-order valence-corrected chi connectivity index (χ3v) is 6.28. The summed E-state index contributed by atoms with van der Waals surface area (Å²) in [5.41, 5.74) is 2.09. The molecule has 1 spiro atoms. The molecule has 0 aromatic carbocycles. The van der Waals surface area contributed by atoms with Crippen molar-refractivity contribution in [1.82, 2.24) is 19.8 Å². The Morgan fingerprint density at radius 3 is 2.52 bits per heavy atom. The number of likely N-dealkylation sites (tertiary alicyclic amines) is 2. The molecule has 0 aliphatic carbocycles. The maximum absolute atomic E-state index is 12.0. The van der Waals surface area contributed by atoms with Crippen LogP contribution in [0, 0.1) is 12.3 Å². The number of amides is 1. The molecule has 6 nitrogen and oxygen atoms in total. The molecule has 1 atom stereocenters. The highest BCUT2D eigenvalue weighted by molar-refractivity contribution is 5.74. The van der Waals surface area contributed by atoms with Crippen molar-refractivity contribution < 1.29 is 9.90 Å². The van der Waals surface area contributed by atoms with Crippen LogP contribution in [0.5, 0.6) is 0 Å².